The van der Waals surface area contributed by atoms with Crippen LogP contribution in [0.25, 0.3) is 10.8 Å². The highest BCUT2D eigenvalue weighted by Gasteiger charge is 2.59. The molecule has 1 saturated heterocycles. The van der Waals surface area contributed by atoms with E-state index < -0.39 is 0 Å². The summed E-state index contributed by atoms with van der Waals surface area (Å²) in [7, 11) is 0. The van der Waals surface area contributed by atoms with Crippen LogP contribution in [0.2, 0.25) is 0 Å². The molecule has 5 nitrogen and oxygen atoms in total. The fraction of sp³-hybridized carbons (Fsp3) is 0.222. The Morgan fingerprint density at radius 3 is 2.48 bits per heavy atom. The van der Waals surface area contributed by atoms with Crippen molar-refractivity contribution >= 4 is 44.7 Å². The van der Waals surface area contributed by atoms with E-state index in [0.29, 0.717) is 17.9 Å². The number of benzene rings is 3. The number of fused-ring (bicyclic) bond motifs is 6. The summed E-state index contributed by atoms with van der Waals surface area (Å²) in [4.78, 5) is 25.8. The number of hydrazone groups is 1. The number of carbonyl (C=O) groups excluding carboxylic acids is 2. The Bertz CT molecular complexity index is 1310. The van der Waals surface area contributed by atoms with Crippen molar-refractivity contribution in [3.8, 4) is 5.75 Å². The van der Waals surface area contributed by atoms with E-state index in [1.165, 1.54) is 0 Å². The molecule has 1 saturated carbocycles. The van der Waals surface area contributed by atoms with Crippen molar-refractivity contribution < 1.29 is 14.3 Å². The number of allylic oxidation sites excluding steroid dienone is 2. The molecule has 0 aromatic heterocycles. The lowest BCUT2D eigenvalue weighted by atomic mass is 9.85. The van der Waals surface area contributed by atoms with Gasteiger partial charge >= 0.3 is 0 Å². The molecule has 164 valence electrons. The van der Waals surface area contributed by atoms with Crippen molar-refractivity contribution in [2.45, 2.75) is 13.0 Å². The van der Waals surface area contributed by atoms with Crippen LogP contribution in [0.15, 0.2) is 82.4 Å². The molecule has 1 heterocycles. The smallest absolute Gasteiger partial charge is 0.254 e. The van der Waals surface area contributed by atoms with Gasteiger partial charge in [-0.3, -0.25) is 9.59 Å². The summed E-state index contributed by atoms with van der Waals surface area (Å²) in [5.41, 5.74) is 1.78. The molecule has 6 heteroatoms. The number of rotatable bonds is 5. The molecule has 2 bridgehead atoms. The molecule has 0 spiro atoms. The quantitative estimate of drug-likeness (QED) is 0.270. The van der Waals surface area contributed by atoms with Crippen LogP contribution in [0.4, 0.5) is 0 Å². The van der Waals surface area contributed by atoms with Gasteiger partial charge in [-0.15, -0.1) is 0 Å². The molecule has 0 radical (unpaired) electrons. The zero-order chi connectivity index (χ0) is 22.5. The largest absolute Gasteiger partial charge is 0.488 e. The third kappa shape index (κ3) is 3.40. The molecule has 3 aromatic carbocycles. The van der Waals surface area contributed by atoms with E-state index in [9.17, 15) is 9.59 Å². The van der Waals surface area contributed by atoms with Crippen LogP contribution >= 0.6 is 15.9 Å². The maximum Gasteiger partial charge on any atom is 0.254 e. The van der Waals surface area contributed by atoms with Crippen LogP contribution in [0.3, 0.4) is 0 Å². The van der Waals surface area contributed by atoms with Gasteiger partial charge in [0.2, 0.25) is 0 Å². The van der Waals surface area contributed by atoms with E-state index in [-0.39, 0.29) is 35.5 Å². The van der Waals surface area contributed by atoms with E-state index in [1.54, 1.807) is 6.21 Å². The number of nitrogens with zero attached hydrogens (tertiary/aromatic N) is 2. The SMILES string of the molecule is O=C1[C@@H]2[C@H](C(=O)N1N=Cc1cc(Br)ccc1OCc1cccc3ccccc13)[C@H]1C=C[C@H]2C1. The first-order chi connectivity index (χ1) is 16.1. The summed E-state index contributed by atoms with van der Waals surface area (Å²) >= 11 is 3.49. The Balaban J connectivity index is 1.25. The number of amides is 2. The maximum atomic E-state index is 12.9. The van der Waals surface area contributed by atoms with Crippen molar-refractivity contribution in [3.05, 3.63) is 88.4 Å². The van der Waals surface area contributed by atoms with Gasteiger partial charge in [0, 0.05) is 10.0 Å². The molecule has 3 aliphatic rings. The van der Waals surface area contributed by atoms with Crippen LogP contribution in [-0.2, 0) is 16.2 Å². The molecule has 0 N–H and O–H groups in total. The minimum Gasteiger partial charge on any atom is -0.488 e. The first-order valence-electron chi connectivity index (χ1n) is 11.1. The molecular weight excluding hydrogens is 480 g/mol. The van der Waals surface area contributed by atoms with Crippen molar-refractivity contribution in [2.75, 3.05) is 0 Å². The normalized spacial score (nSPS) is 25.5. The molecule has 4 atom stereocenters. The molecule has 1 aliphatic heterocycles. The third-order valence-electron chi connectivity index (χ3n) is 6.99. The number of carbonyl (C=O) groups is 2. The molecule has 0 unspecified atom stereocenters. The Labute approximate surface area is 199 Å². The fourth-order valence-electron chi connectivity index (χ4n) is 5.45. The Kier molecular flexibility index (Phi) is 4.91. The molecule has 2 aliphatic carbocycles. The summed E-state index contributed by atoms with van der Waals surface area (Å²) in [5.74, 6) is 0.0845. The van der Waals surface area contributed by atoms with E-state index in [2.05, 4.69) is 57.4 Å². The molecule has 2 fully saturated rings. The minimum absolute atomic E-state index is 0.169. The average molecular weight is 501 g/mol. The van der Waals surface area contributed by atoms with E-state index in [1.807, 2.05) is 36.4 Å². The van der Waals surface area contributed by atoms with Crippen LogP contribution in [-0.4, -0.2) is 23.0 Å². The summed E-state index contributed by atoms with van der Waals surface area (Å²) in [6, 6.07) is 20.0. The van der Waals surface area contributed by atoms with Gasteiger partial charge in [0.25, 0.3) is 11.8 Å². The molecule has 33 heavy (non-hydrogen) atoms. The summed E-state index contributed by atoms with van der Waals surface area (Å²) < 4.78 is 7.02. The lowest BCUT2D eigenvalue weighted by Crippen LogP contribution is -2.28. The maximum absolute atomic E-state index is 12.9. The average Bonchev–Trinajstić information content (AvgIpc) is 3.51. The Morgan fingerprint density at radius 2 is 1.70 bits per heavy atom. The van der Waals surface area contributed by atoms with Gasteiger partial charge in [-0.1, -0.05) is 70.5 Å². The standard InChI is InChI=1S/C27H21BrN2O3/c28-21-10-11-23(33-15-19-6-3-5-16-4-1-2-7-22(16)19)20(13-21)14-29-30-26(31)24-17-8-9-18(12-17)25(24)27(30)32/h1-11,13-14,17-18,24-25H,12,15H2/t17-,18-,24-,25+/m0/s1. The second-order valence-corrected chi connectivity index (χ2v) is 9.76. The van der Waals surface area contributed by atoms with Gasteiger partial charge in [-0.2, -0.15) is 10.1 Å². The Morgan fingerprint density at radius 1 is 0.970 bits per heavy atom. The van der Waals surface area contributed by atoms with Crippen LogP contribution < -0.4 is 4.74 Å². The highest BCUT2D eigenvalue weighted by atomic mass is 79.9. The second-order valence-electron chi connectivity index (χ2n) is 8.84. The van der Waals surface area contributed by atoms with Crippen molar-refractivity contribution in [1.82, 2.24) is 5.01 Å². The van der Waals surface area contributed by atoms with Crippen molar-refractivity contribution in [1.29, 1.82) is 0 Å². The molecule has 6 rings (SSSR count). The number of halogens is 1. The van der Waals surface area contributed by atoms with Gasteiger partial charge in [0.05, 0.1) is 18.1 Å². The first kappa shape index (κ1) is 20.4. The van der Waals surface area contributed by atoms with Crippen LogP contribution in [0, 0.1) is 23.7 Å². The van der Waals surface area contributed by atoms with E-state index in [4.69, 9.17) is 4.74 Å². The van der Waals surface area contributed by atoms with Crippen LogP contribution in [0.5, 0.6) is 5.75 Å². The minimum atomic E-state index is -0.255. The van der Waals surface area contributed by atoms with E-state index in [0.717, 1.165) is 32.2 Å². The highest BCUT2D eigenvalue weighted by molar-refractivity contribution is 9.10. The number of hydrogen-bond acceptors (Lipinski definition) is 4. The summed E-state index contributed by atoms with van der Waals surface area (Å²) in [6.45, 7) is 0.393. The third-order valence-corrected chi connectivity index (χ3v) is 7.49. The van der Waals surface area contributed by atoms with Crippen molar-refractivity contribution in [3.63, 3.8) is 0 Å². The predicted octanol–water partition coefficient (Wildman–Crippen LogP) is 5.32. The zero-order valence-electron chi connectivity index (χ0n) is 17.7. The predicted molar refractivity (Wildman–Crippen MR) is 130 cm³/mol. The molecule has 3 aromatic rings. The fourth-order valence-corrected chi connectivity index (χ4v) is 5.82. The first-order valence-corrected chi connectivity index (χ1v) is 11.9. The van der Waals surface area contributed by atoms with Gasteiger partial charge in [0.1, 0.15) is 12.4 Å². The topological polar surface area (TPSA) is 59.0 Å². The van der Waals surface area contributed by atoms with Gasteiger partial charge < -0.3 is 4.74 Å². The number of imide groups is 1. The molecule has 2 amide bonds. The van der Waals surface area contributed by atoms with Crippen molar-refractivity contribution in [2.24, 2.45) is 28.8 Å². The second kappa shape index (κ2) is 7.96. The highest BCUT2D eigenvalue weighted by Crippen LogP contribution is 2.52. The Hall–Kier alpha value is -3.25. The number of ether oxygens (including phenoxy) is 1. The van der Waals surface area contributed by atoms with Crippen LogP contribution in [0.1, 0.15) is 17.5 Å². The van der Waals surface area contributed by atoms with E-state index >= 15 is 0 Å². The lowest BCUT2D eigenvalue weighted by molar-refractivity contribution is -0.140. The van der Waals surface area contributed by atoms with Gasteiger partial charge in [-0.25, -0.2) is 0 Å². The number of hydrogen-bond donors (Lipinski definition) is 0. The van der Waals surface area contributed by atoms with Gasteiger partial charge in [-0.05, 0) is 52.8 Å². The summed E-state index contributed by atoms with van der Waals surface area (Å²) in [6.07, 6.45) is 6.62. The monoisotopic (exact) mass is 500 g/mol. The summed E-state index contributed by atoms with van der Waals surface area (Å²) in [5, 5.41) is 7.70. The lowest BCUT2D eigenvalue weighted by Gasteiger charge is -2.13. The zero-order valence-corrected chi connectivity index (χ0v) is 19.3. The van der Waals surface area contributed by atoms with Gasteiger partial charge in [0.15, 0.2) is 0 Å². The molecular formula is C27H21BrN2O3.